The van der Waals surface area contributed by atoms with Gasteiger partial charge in [0.05, 0.1) is 7.11 Å². The molecule has 104 valence electrons. The number of benzene rings is 1. The summed E-state index contributed by atoms with van der Waals surface area (Å²) in [5.41, 5.74) is 1.18. The Kier molecular flexibility index (Phi) is 4.49. The van der Waals surface area contributed by atoms with E-state index in [1.807, 2.05) is 18.2 Å². The van der Waals surface area contributed by atoms with Crippen molar-refractivity contribution in [2.75, 3.05) is 26.9 Å². The van der Waals surface area contributed by atoms with Gasteiger partial charge >= 0.3 is 6.09 Å². The van der Waals surface area contributed by atoms with Gasteiger partial charge in [-0.2, -0.15) is 0 Å². The van der Waals surface area contributed by atoms with Crippen LogP contribution >= 0.6 is 0 Å². The van der Waals surface area contributed by atoms with Gasteiger partial charge in [0, 0.05) is 6.54 Å². The molecule has 0 bridgehead atoms. The highest BCUT2D eigenvalue weighted by Gasteiger charge is 2.14. The predicted molar refractivity (Wildman–Crippen MR) is 70.9 cm³/mol. The molecule has 1 amide bonds. The molecule has 0 aromatic heterocycles. The maximum Gasteiger partial charge on any atom is 0.406 e. The first-order chi connectivity index (χ1) is 9.20. The number of carbonyl (C=O) groups excluding carboxylic acids is 1. The van der Waals surface area contributed by atoms with Crippen LogP contribution in [0.15, 0.2) is 18.2 Å². The lowest BCUT2D eigenvalue weighted by Crippen LogP contribution is -2.24. The fourth-order valence-corrected chi connectivity index (χ4v) is 2.00. The van der Waals surface area contributed by atoms with Crippen molar-refractivity contribution in [1.29, 1.82) is 0 Å². The molecule has 1 aromatic rings. The van der Waals surface area contributed by atoms with E-state index in [1.165, 1.54) is 12.7 Å². The summed E-state index contributed by atoms with van der Waals surface area (Å²) in [4.78, 5) is 11.0. The van der Waals surface area contributed by atoms with Gasteiger partial charge in [-0.3, -0.25) is 0 Å². The molecule has 0 radical (unpaired) electrons. The van der Waals surface area contributed by atoms with Crippen LogP contribution in [0.25, 0.3) is 0 Å². The summed E-state index contributed by atoms with van der Waals surface area (Å²) in [7, 11) is 1.36. The molecule has 0 aliphatic carbocycles. The van der Waals surface area contributed by atoms with Crippen LogP contribution in [0.1, 0.15) is 24.8 Å². The Morgan fingerprint density at radius 2 is 2.11 bits per heavy atom. The lowest BCUT2D eigenvalue weighted by atomic mass is 9.97. The molecule has 19 heavy (non-hydrogen) atoms. The number of hydrogen-bond acceptors (Lipinski definition) is 4. The van der Waals surface area contributed by atoms with Crippen LogP contribution in [0.4, 0.5) is 4.79 Å². The Morgan fingerprint density at radius 3 is 2.84 bits per heavy atom. The molecular weight excluding hydrogens is 246 g/mol. The van der Waals surface area contributed by atoms with E-state index in [0.717, 1.165) is 17.9 Å². The molecule has 0 saturated carbocycles. The van der Waals surface area contributed by atoms with Crippen LogP contribution in [0, 0.1) is 0 Å². The van der Waals surface area contributed by atoms with Crippen molar-refractivity contribution < 1.29 is 19.0 Å². The minimum atomic E-state index is -0.394. The lowest BCUT2D eigenvalue weighted by molar-refractivity contribution is 0.170. The zero-order valence-electron chi connectivity index (χ0n) is 11.3. The number of methoxy groups -OCH3 is 1. The summed E-state index contributed by atoms with van der Waals surface area (Å²) >= 11 is 0. The summed E-state index contributed by atoms with van der Waals surface area (Å²) in [6.45, 7) is 3.90. The van der Waals surface area contributed by atoms with E-state index >= 15 is 0 Å². The van der Waals surface area contributed by atoms with Gasteiger partial charge in [0.1, 0.15) is 13.2 Å². The van der Waals surface area contributed by atoms with Gasteiger partial charge in [-0.05, 0) is 30.0 Å². The summed E-state index contributed by atoms with van der Waals surface area (Å²) in [6, 6.07) is 5.99. The van der Waals surface area contributed by atoms with Crippen molar-refractivity contribution in [3.63, 3.8) is 0 Å². The van der Waals surface area contributed by atoms with Crippen molar-refractivity contribution in [2.24, 2.45) is 0 Å². The van der Waals surface area contributed by atoms with E-state index in [0.29, 0.717) is 25.7 Å². The zero-order valence-corrected chi connectivity index (χ0v) is 11.3. The van der Waals surface area contributed by atoms with Crippen LogP contribution in [0.3, 0.4) is 0 Å². The Balaban J connectivity index is 1.91. The third kappa shape index (κ3) is 3.53. The zero-order chi connectivity index (χ0) is 13.7. The molecule has 1 unspecified atom stereocenters. The quantitative estimate of drug-likeness (QED) is 0.907. The van der Waals surface area contributed by atoms with E-state index in [2.05, 4.69) is 17.0 Å². The fraction of sp³-hybridized carbons (Fsp3) is 0.500. The Bertz CT molecular complexity index is 447. The Labute approximate surface area is 112 Å². The van der Waals surface area contributed by atoms with Crippen molar-refractivity contribution >= 4 is 6.09 Å². The van der Waals surface area contributed by atoms with Crippen LogP contribution in [0.5, 0.6) is 11.5 Å². The van der Waals surface area contributed by atoms with E-state index in [1.54, 1.807) is 0 Å². The van der Waals surface area contributed by atoms with Crippen LogP contribution in [-0.2, 0) is 4.74 Å². The Morgan fingerprint density at radius 1 is 1.37 bits per heavy atom. The summed E-state index contributed by atoms with van der Waals surface area (Å²) < 4.78 is 15.6. The highest BCUT2D eigenvalue weighted by Crippen LogP contribution is 2.33. The number of alkyl carbamates (subject to hydrolysis) is 1. The van der Waals surface area contributed by atoms with Gasteiger partial charge in [-0.1, -0.05) is 13.0 Å². The minimum absolute atomic E-state index is 0.327. The highest BCUT2D eigenvalue weighted by molar-refractivity contribution is 5.66. The number of rotatable bonds is 4. The molecule has 1 N–H and O–H groups in total. The molecule has 1 atom stereocenters. The van der Waals surface area contributed by atoms with Crippen LogP contribution < -0.4 is 14.8 Å². The molecule has 1 aliphatic heterocycles. The van der Waals surface area contributed by atoms with Crippen LogP contribution in [-0.4, -0.2) is 33.0 Å². The number of ether oxygens (including phenoxy) is 3. The maximum absolute atomic E-state index is 11.0. The van der Waals surface area contributed by atoms with Gasteiger partial charge < -0.3 is 19.5 Å². The largest absolute Gasteiger partial charge is 0.486 e. The van der Waals surface area contributed by atoms with Crippen molar-refractivity contribution in [1.82, 2.24) is 5.32 Å². The van der Waals surface area contributed by atoms with Crippen molar-refractivity contribution in [3.8, 4) is 11.5 Å². The molecular formula is C14H19NO4. The van der Waals surface area contributed by atoms with E-state index in [9.17, 15) is 4.79 Å². The smallest absolute Gasteiger partial charge is 0.406 e. The monoisotopic (exact) mass is 265 g/mol. The fourth-order valence-electron chi connectivity index (χ4n) is 2.00. The summed E-state index contributed by atoms with van der Waals surface area (Å²) in [5.74, 6) is 1.93. The van der Waals surface area contributed by atoms with Gasteiger partial charge in [-0.25, -0.2) is 4.79 Å². The van der Waals surface area contributed by atoms with E-state index in [-0.39, 0.29) is 0 Å². The molecule has 0 spiro atoms. The van der Waals surface area contributed by atoms with Crippen molar-refractivity contribution in [3.05, 3.63) is 23.8 Å². The van der Waals surface area contributed by atoms with Crippen molar-refractivity contribution in [2.45, 2.75) is 19.3 Å². The summed E-state index contributed by atoms with van der Waals surface area (Å²) in [5, 5.41) is 2.68. The highest BCUT2D eigenvalue weighted by atomic mass is 16.6. The molecule has 1 aliphatic rings. The Hall–Kier alpha value is -1.91. The number of amides is 1. The third-order valence-corrected chi connectivity index (χ3v) is 3.17. The molecule has 5 heteroatoms. The molecule has 1 aromatic carbocycles. The van der Waals surface area contributed by atoms with E-state index in [4.69, 9.17) is 9.47 Å². The molecule has 1 heterocycles. The normalized spacial score (nSPS) is 14.6. The number of nitrogens with one attached hydrogen (secondary N) is 1. The third-order valence-electron chi connectivity index (χ3n) is 3.17. The predicted octanol–water partition coefficient (Wildman–Crippen LogP) is 2.31. The molecule has 0 fully saturated rings. The summed E-state index contributed by atoms with van der Waals surface area (Å²) in [6.07, 6.45) is 0.448. The standard InChI is InChI=1S/C14H19NO4/c1-10(5-6-15-14(16)17-2)11-3-4-12-13(9-11)19-8-7-18-12/h3-4,9-10H,5-8H2,1-2H3,(H,15,16). The number of hydrogen-bond donors (Lipinski definition) is 1. The first kappa shape index (κ1) is 13.5. The second-order valence-electron chi connectivity index (χ2n) is 4.51. The van der Waals surface area contributed by atoms with Crippen LogP contribution in [0.2, 0.25) is 0 Å². The lowest BCUT2D eigenvalue weighted by Gasteiger charge is -2.20. The first-order valence-electron chi connectivity index (χ1n) is 6.42. The SMILES string of the molecule is COC(=O)NCCC(C)c1ccc2c(c1)OCCO2. The number of carbonyl (C=O) groups is 1. The van der Waals surface area contributed by atoms with Gasteiger partial charge in [0.2, 0.25) is 0 Å². The van der Waals surface area contributed by atoms with E-state index < -0.39 is 6.09 Å². The molecule has 2 rings (SSSR count). The second kappa shape index (κ2) is 6.31. The second-order valence-corrected chi connectivity index (χ2v) is 4.51. The number of fused-ring (bicyclic) bond motifs is 1. The topological polar surface area (TPSA) is 56.8 Å². The average molecular weight is 265 g/mol. The van der Waals surface area contributed by atoms with Gasteiger partial charge in [0.25, 0.3) is 0 Å². The minimum Gasteiger partial charge on any atom is -0.486 e. The average Bonchev–Trinajstić information content (AvgIpc) is 2.46. The van der Waals surface area contributed by atoms with Gasteiger partial charge in [-0.15, -0.1) is 0 Å². The first-order valence-corrected chi connectivity index (χ1v) is 6.42. The molecule has 5 nitrogen and oxygen atoms in total. The molecule has 0 saturated heterocycles. The van der Waals surface area contributed by atoms with Gasteiger partial charge in [0.15, 0.2) is 11.5 Å². The maximum atomic E-state index is 11.0.